The van der Waals surface area contributed by atoms with Gasteiger partial charge in [0.2, 0.25) is 0 Å². The van der Waals surface area contributed by atoms with Crippen molar-refractivity contribution in [3.63, 3.8) is 0 Å². The van der Waals surface area contributed by atoms with Gasteiger partial charge in [0.1, 0.15) is 0 Å². The van der Waals surface area contributed by atoms with Gasteiger partial charge in [-0.25, -0.2) is 4.99 Å². The van der Waals surface area contributed by atoms with Crippen LogP contribution in [0.25, 0.3) is 0 Å². The van der Waals surface area contributed by atoms with Crippen molar-refractivity contribution < 1.29 is 9.47 Å². The Morgan fingerprint density at radius 2 is 2.11 bits per heavy atom. The number of ether oxygens (including phenoxy) is 2. The van der Waals surface area contributed by atoms with Gasteiger partial charge in [-0.2, -0.15) is 5.10 Å². The molecule has 3 N–H and O–H groups in total. The van der Waals surface area contributed by atoms with Crippen molar-refractivity contribution in [1.82, 2.24) is 15.5 Å². The van der Waals surface area contributed by atoms with Crippen LogP contribution < -0.4 is 20.1 Å². The normalized spacial score (nSPS) is 13.8. The Morgan fingerprint density at radius 1 is 1.18 bits per heavy atom. The van der Waals surface area contributed by atoms with Crippen molar-refractivity contribution in [3.05, 3.63) is 58.5 Å². The standard InChI is InChI=1S/C20H23N5O2S/c1-3-17(28-12-1)7-8-21-20(22-14-16-6-9-23-25-16)24-15-4-5-18-19(13-15)27-11-2-10-26-18/h1,3-6,9,12-13H,2,7-8,10-11,14H2,(H,23,25)(H2,21,22,24). The van der Waals surface area contributed by atoms with Crippen LogP contribution in [0.2, 0.25) is 0 Å². The smallest absolute Gasteiger partial charge is 0.196 e. The lowest BCUT2D eigenvalue weighted by Gasteiger charge is -2.14. The zero-order valence-electron chi connectivity index (χ0n) is 15.5. The first-order valence-corrected chi connectivity index (χ1v) is 10.2. The minimum Gasteiger partial charge on any atom is -0.490 e. The van der Waals surface area contributed by atoms with Gasteiger partial charge in [0.05, 0.1) is 25.5 Å². The van der Waals surface area contributed by atoms with Crippen molar-refractivity contribution in [2.24, 2.45) is 4.99 Å². The van der Waals surface area contributed by atoms with E-state index in [0.29, 0.717) is 25.7 Å². The van der Waals surface area contributed by atoms with Crippen molar-refractivity contribution in [2.45, 2.75) is 19.4 Å². The molecule has 0 saturated heterocycles. The molecule has 2 aromatic heterocycles. The number of hydrogen-bond acceptors (Lipinski definition) is 5. The fourth-order valence-electron chi connectivity index (χ4n) is 2.81. The van der Waals surface area contributed by atoms with Crippen LogP contribution in [0, 0.1) is 0 Å². The quantitative estimate of drug-likeness (QED) is 0.438. The molecule has 0 radical (unpaired) electrons. The monoisotopic (exact) mass is 397 g/mol. The molecule has 3 aromatic rings. The van der Waals surface area contributed by atoms with E-state index >= 15 is 0 Å². The summed E-state index contributed by atoms with van der Waals surface area (Å²) in [7, 11) is 0. The van der Waals surface area contributed by atoms with Crippen LogP contribution in [-0.2, 0) is 13.0 Å². The lowest BCUT2D eigenvalue weighted by atomic mass is 10.2. The summed E-state index contributed by atoms with van der Waals surface area (Å²) in [6, 6.07) is 12.0. The predicted molar refractivity (Wildman–Crippen MR) is 111 cm³/mol. The molecule has 28 heavy (non-hydrogen) atoms. The molecule has 7 nitrogen and oxygen atoms in total. The molecule has 0 fully saturated rings. The molecule has 0 atom stereocenters. The third-order valence-corrected chi connectivity index (χ3v) is 5.16. The van der Waals surface area contributed by atoms with Crippen LogP contribution >= 0.6 is 11.3 Å². The van der Waals surface area contributed by atoms with E-state index in [1.54, 1.807) is 17.5 Å². The van der Waals surface area contributed by atoms with Crippen LogP contribution in [0.5, 0.6) is 11.5 Å². The Labute approximate surface area is 167 Å². The largest absolute Gasteiger partial charge is 0.490 e. The molecular weight excluding hydrogens is 374 g/mol. The number of aliphatic imine (C=N–C) groups is 1. The van der Waals surface area contributed by atoms with E-state index in [9.17, 15) is 0 Å². The first-order chi connectivity index (χ1) is 13.9. The number of hydrogen-bond donors (Lipinski definition) is 3. The van der Waals surface area contributed by atoms with Gasteiger partial charge < -0.3 is 20.1 Å². The van der Waals surface area contributed by atoms with E-state index in [4.69, 9.17) is 9.47 Å². The number of rotatable bonds is 6. The predicted octanol–water partition coefficient (Wildman–Crippen LogP) is 3.43. The summed E-state index contributed by atoms with van der Waals surface area (Å²) in [4.78, 5) is 6.01. The van der Waals surface area contributed by atoms with E-state index in [0.717, 1.165) is 42.3 Å². The number of benzene rings is 1. The van der Waals surface area contributed by atoms with Gasteiger partial charge in [0.25, 0.3) is 0 Å². The molecule has 0 bridgehead atoms. The molecule has 0 unspecified atom stereocenters. The topological polar surface area (TPSA) is 83.6 Å². The molecule has 0 amide bonds. The molecule has 3 heterocycles. The highest BCUT2D eigenvalue weighted by Gasteiger charge is 2.11. The van der Waals surface area contributed by atoms with Gasteiger partial charge in [-0.1, -0.05) is 6.07 Å². The number of nitrogens with one attached hydrogen (secondary N) is 3. The molecule has 0 spiro atoms. The molecule has 1 aliphatic rings. The van der Waals surface area contributed by atoms with Crippen molar-refractivity contribution in [2.75, 3.05) is 25.1 Å². The molecular formula is C20H23N5O2S. The molecule has 4 rings (SSSR count). The maximum absolute atomic E-state index is 5.78. The summed E-state index contributed by atoms with van der Waals surface area (Å²) in [6.45, 7) is 2.65. The highest BCUT2D eigenvalue weighted by molar-refractivity contribution is 7.09. The number of nitrogens with zero attached hydrogens (tertiary/aromatic N) is 2. The van der Waals surface area contributed by atoms with Gasteiger partial charge in [-0.05, 0) is 36.1 Å². The highest BCUT2D eigenvalue weighted by atomic mass is 32.1. The van der Waals surface area contributed by atoms with E-state index in [1.807, 2.05) is 24.3 Å². The number of anilines is 1. The van der Waals surface area contributed by atoms with E-state index < -0.39 is 0 Å². The van der Waals surface area contributed by atoms with Crippen LogP contribution in [-0.4, -0.2) is 35.9 Å². The Morgan fingerprint density at radius 3 is 2.93 bits per heavy atom. The maximum atomic E-state index is 5.78. The Bertz CT molecular complexity index is 893. The Hall–Kier alpha value is -3.00. The summed E-state index contributed by atoms with van der Waals surface area (Å²) < 4.78 is 11.5. The number of guanidine groups is 1. The van der Waals surface area contributed by atoms with Gasteiger partial charge in [0, 0.05) is 35.8 Å². The Balaban J connectivity index is 1.44. The lowest BCUT2D eigenvalue weighted by molar-refractivity contribution is 0.297. The minimum atomic E-state index is 0.513. The summed E-state index contributed by atoms with van der Waals surface area (Å²) in [5, 5.41) is 15.8. The number of H-pyrrole nitrogens is 1. The van der Waals surface area contributed by atoms with Gasteiger partial charge in [-0.15, -0.1) is 11.3 Å². The summed E-state index contributed by atoms with van der Waals surface area (Å²) in [6.07, 6.45) is 3.56. The SMILES string of the molecule is c1csc(CCNC(=NCc2ccn[nH]2)Nc2ccc3c(c2)OCCCO3)c1. The Kier molecular flexibility index (Phi) is 6.08. The molecule has 8 heteroatoms. The lowest BCUT2D eigenvalue weighted by Crippen LogP contribution is -2.32. The summed E-state index contributed by atoms with van der Waals surface area (Å²) in [5.41, 5.74) is 1.86. The average Bonchev–Trinajstić information content (AvgIpc) is 3.37. The fourth-order valence-corrected chi connectivity index (χ4v) is 3.52. The highest BCUT2D eigenvalue weighted by Crippen LogP contribution is 2.32. The van der Waals surface area contributed by atoms with Crippen molar-refractivity contribution in [1.29, 1.82) is 0 Å². The number of fused-ring (bicyclic) bond motifs is 1. The van der Waals surface area contributed by atoms with Crippen molar-refractivity contribution in [3.8, 4) is 11.5 Å². The second kappa shape index (κ2) is 9.27. The first kappa shape index (κ1) is 18.4. The average molecular weight is 398 g/mol. The van der Waals surface area contributed by atoms with Crippen LogP contribution in [0.15, 0.2) is 53.0 Å². The summed E-state index contributed by atoms with van der Waals surface area (Å²) in [5.74, 6) is 2.25. The van der Waals surface area contributed by atoms with Crippen LogP contribution in [0.3, 0.4) is 0 Å². The minimum absolute atomic E-state index is 0.513. The molecule has 0 aliphatic carbocycles. The molecule has 0 saturated carbocycles. The van der Waals surface area contributed by atoms with E-state index in [1.165, 1.54) is 4.88 Å². The molecule has 1 aliphatic heterocycles. The first-order valence-electron chi connectivity index (χ1n) is 9.32. The van der Waals surface area contributed by atoms with E-state index in [-0.39, 0.29) is 0 Å². The third kappa shape index (κ3) is 5.04. The van der Waals surface area contributed by atoms with E-state index in [2.05, 4.69) is 43.3 Å². The molecule has 1 aromatic carbocycles. The van der Waals surface area contributed by atoms with Crippen LogP contribution in [0.1, 0.15) is 17.0 Å². The van der Waals surface area contributed by atoms with Crippen LogP contribution in [0.4, 0.5) is 5.69 Å². The van der Waals surface area contributed by atoms with Gasteiger partial charge >= 0.3 is 0 Å². The number of aromatic nitrogens is 2. The van der Waals surface area contributed by atoms with Gasteiger partial charge in [-0.3, -0.25) is 5.10 Å². The molecule has 146 valence electrons. The number of aromatic amines is 1. The zero-order valence-corrected chi connectivity index (χ0v) is 16.3. The second-order valence-corrected chi connectivity index (χ2v) is 7.37. The third-order valence-electron chi connectivity index (χ3n) is 4.22. The summed E-state index contributed by atoms with van der Waals surface area (Å²) >= 11 is 1.76. The fraction of sp³-hybridized carbons (Fsp3) is 0.300. The van der Waals surface area contributed by atoms with Gasteiger partial charge in [0.15, 0.2) is 17.5 Å². The maximum Gasteiger partial charge on any atom is 0.196 e. The second-order valence-electron chi connectivity index (χ2n) is 6.34. The van der Waals surface area contributed by atoms with Crippen molar-refractivity contribution >= 4 is 23.0 Å². The number of thiophene rings is 1. The zero-order chi connectivity index (χ0) is 19.0.